The Kier molecular flexibility index (Phi) is 8.04. The summed E-state index contributed by atoms with van der Waals surface area (Å²) in [6, 6.07) is 18.1. The summed E-state index contributed by atoms with van der Waals surface area (Å²) in [5.41, 5.74) is 0.291. The minimum Gasteiger partial charge on any atom is -0.378 e. The molecule has 2 aliphatic rings. The van der Waals surface area contributed by atoms with Gasteiger partial charge in [-0.1, -0.05) is 59.0 Å². The molecule has 3 atom stereocenters. The van der Waals surface area contributed by atoms with Gasteiger partial charge in [-0.2, -0.15) is 13.2 Å². The molecule has 6 rings (SSSR count). The zero-order valence-corrected chi connectivity index (χ0v) is 26.1. The van der Waals surface area contributed by atoms with Crippen LogP contribution in [-0.4, -0.2) is 41.6 Å². The van der Waals surface area contributed by atoms with Crippen LogP contribution in [0.1, 0.15) is 21.9 Å². The predicted molar refractivity (Wildman–Crippen MR) is 168 cm³/mol. The van der Waals surface area contributed by atoms with Crippen molar-refractivity contribution in [3.05, 3.63) is 103 Å². The lowest BCUT2D eigenvalue weighted by molar-refractivity contribution is -0.137. The van der Waals surface area contributed by atoms with E-state index in [-0.39, 0.29) is 6.54 Å². The van der Waals surface area contributed by atoms with Crippen LogP contribution in [0, 0.1) is 5.92 Å². The lowest BCUT2D eigenvalue weighted by Crippen LogP contribution is -2.33. The number of nitrogens with one attached hydrogen (secondary N) is 1. The third-order valence-electron chi connectivity index (χ3n) is 7.70. The molecular weight excluding hydrogens is 649 g/mol. The molecule has 0 radical (unpaired) electrons. The Bertz CT molecular complexity index is 1870. The molecule has 232 valence electrons. The van der Waals surface area contributed by atoms with Crippen LogP contribution in [0.3, 0.4) is 0 Å². The van der Waals surface area contributed by atoms with E-state index < -0.39 is 57.1 Å². The van der Waals surface area contributed by atoms with Crippen molar-refractivity contribution < 1.29 is 27.6 Å². The van der Waals surface area contributed by atoms with Crippen LogP contribution in [0.4, 0.5) is 30.2 Å². The van der Waals surface area contributed by atoms with Crippen LogP contribution >= 0.6 is 34.7 Å². The van der Waals surface area contributed by atoms with Crippen LogP contribution in [0.5, 0.6) is 0 Å². The van der Waals surface area contributed by atoms with Gasteiger partial charge in [0.2, 0.25) is 17.7 Å². The number of benzene rings is 3. The fourth-order valence-electron chi connectivity index (χ4n) is 5.62. The molecule has 0 aliphatic carbocycles. The zero-order valence-electron chi connectivity index (χ0n) is 23.7. The first-order chi connectivity index (χ1) is 21.3. The Labute approximate surface area is 268 Å². The number of alkyl halides is 3. The van der Waals surface area contributed by atoms with Crippen molar-refractivity contribution in [3.8, 4) is 0 Å². The predicted octanol–water partition coefficient (Wildman–Crippen LogP) is 6.08. The summed E-state index contributed by atoms with van der Waals surface area (Å²) in [6.45, 7) is -0.382. The molecule has 2 aliphatic heterocycles. The molecule has 0 unspecified atom stereocenters. The number of anilines is 3. The summed E-state index contributed by atoms with van der Waals surface area (Å²) in [5.74, 6) is -4.02. The molecule has 4 aromatic rings. The fraction of sp³-hybridized carbons (Fsp3) is 0.226. The molecular formula is C31H24ClF3N4O4S2. The molecule has 3 heterocycles. The number of halogens is 4. The molecule has 3 amide bonds. The van der Waals surface area contributed by atoms with Gasteiger partial charge in [0.15, 0.2) is 0 Å². The maximum Gasteiger partial charge on any atom is 0.418 e. The van der Waals surface area contributed by atoms with Crippen molar-refractivity contribution in [2.24, 2.45) is 5.92 Å². The van der Waals surface area contributed by atoms with E-state index >= 15 is 0 Å². The van der Waals surface area contributed by atoms with E-state index in [1.807, 2.05) is 31.1 Å². The number of thiazole rings is 1. The second kappa shape index (κ2) is 11.7. The van der Waals surface area contributed by atoms with Crippen molar-refractivity contribution >= 4 is 69.5 Å². The second-order valence-corrected chi connectivity index (χ2v) is 13.3. The number of hydrogen-bond donors (Lipinski definition) is 1. The molecule has 1 aromatic heterocycles. The minimum absolute atomic E-state index is 0.325. The van der Waals surface area contributed by atoms with E-state index in [2.05, 4.69) is 5.32 Å². The van der Waals surface area contributed by atoms with E-state index in [1.165, 1.54) is 16.7 Å². The SMILES string of the molecule is CN(C)c1ccc([C@@H]2c3sc(=O)n(CC(=O)Nc4ccc(Cl)cc4)c3S[C@H]3C(=O)N(c4ccccc4C(F)(F)F)C(=O)[C@@H]23)cc1. The Morgan fingerprint density at radius 2 is 1.62 bits per heavy atom. The number of hydrogen-bond acceptors (Lipinski definition) is 7. The first kappa shape index (κ1) is 30.9. The van der Waals surface area contributed by atoms with Crippen LogP contribution < -0.4 is 20.0 Å². The normalized spacial score (nSPS) is 19.3. The van der Waals surface area contributed by atoms with Gasteiger partial charge in [-0.25, -0.2) is 4.90 Å². The molecule has 1 N–H and O–H groups in total. The highest BCUT2D eigenvalue weighted by Gasteiger charge is 2.57. The number of thioether (sulfide) groups is 1. The summed E-state index contributed by atoms with van der Waals surface area (Å²) in [6.07, 6.45) is -4.81. The number of nitrogens with zero attached hydrogens (tertiary/aromatic N) is 3. The Morgan fingerprint density at radius 3 is 2.27 bits per heavy atom. The molecule has 14 heteroatoms. The summed E-state index contributed by atoms with van der Waals surface area (Å²) >= 11 is 7.71. The maximum absolute atomic E-state index is 14.1. The lowest BCUT2D eigenvalue weighted by Gasteiger charge is -2.31. The average Bonchev–Trinajstić information content (AvgIpc) is 3.44. The number of imide groups is 1. The van der Waals surface area contributed by atoms with E-state index in [0.29, 0.717) is 31.1 Å². The molecule has 8 nitrogen and oxygen atoms in total. The average molecular weight is 673 g/mol. The van der Waals surface area contributed by atoms with Gasteiger partial charge in [0.25, 0.3) is 0 Å². The number of para-hydroxylation sites is 1. The fourth-order valence-corrected chi connectivity index (χ4v) is 8.52. The van der Waals surface area contributed by atoms with Gasteiger partial charge in [0.1, 0.15) is 11.8 Å². The lowest BCUT2D eigenvalue weighted by atomic mass is 9.83. The van der Waals surface area contributed by atoms with Crippen molar-refractivity contribution in [2.45, 2.75) is 28.9 Å². The number of carbonyl (C=O) groups excluding carboxylic acids is 3. The van der Waals surface area contributed by atoms with Crippen molar-refractivity contribution in [3.63, 3.8) is 0 Å². The number of aromatic nitrogens is 1. The molecule has 3 aromatic carbocycles. The van der Waals surface area contributed by atoms with Crippen LogP contribution in [0.25, 0.3) is 0 Å². The van der Waals surface area contributed by atoms with Crippen molar-refractivity contribution in [2.75, 3.05) is 29.2 Å². The third kappa shape index (κ3) is 5.64. The summed E-state index contributed by atoms with van der Waals surface area (Å²) in [7, 11) is 3.72. The van der Waals surface area contributed by atoms with E-state index in [9.17, 15) is 32.3 Å². The molecule has 0 bridgehead atoms. The third-order valence-corrected chi connectivity index (χ3v) is 10.6. The van der Waals surface area contributed by atoms with Crippen molar-refractivity contribution in [1.29, 1.82) is 0 Å². The molecule has 1 fully saturated rings. The maximum atomic E-state index is 14.1. The van der Waals surface area contributed by atoms with Crippen molar-refractivity contribution in [1.82, 2.24) is 4.57 Å². The van der Waals surface area contributed by atoms with Gasteiger partial charge < -0.3 is 10.2 Å². The Balaban J connectivity index is 1.43. The monoisotopic (exact) mass is 672 g/mol. The van der Waals surface area contributed by atoms with E-state index in [1.54, 1.807) is 36.4 Å². The van der Waals surface area contributed by atoms with Gasteiger partial charge >= 0.3 is 11.0 Å². The van der Waals surface area contributed by atoms with Crippen LogP contribution in [0.2, 0.25) is 5.02 Å². The highest BCUT2D eigenvalue weighted by Crippen LogP contribution is 2.54. The molecule has 0 saturated carbocycles. The molecule has 1 saturated heterocycles. The summed E-state index contributed by atoms with van der Waals surface area (Å²) in [5, 5.41) is 2.38. The van der Waals surface area contributed by atoms with Gasteiger partial charge in [0, 0.05) is 41.3 Å². The standard InChI is InChI=1S/C31H24ClF3N4O4S2/c1-37(2)19-13-7-16(8-14-19)23-24-25(28(42)39(27(24)41)21-6-4-3-5-20(21)31(33,34)35)44-29-26(23)45-30(43)38(29)15-22(40)36-18-11-9-17(32)10-12-18/h3-14,23-25H,15H2,1-2H3,(H,36,40)/t23-,24-,25+/m0/s1. The number of carbonyl (C=O) groups is 3. The number of rotatable bonds is 6. The highest BCUT2D eigenvalue weighted by molar-refractivity contribution is 8.00. The van der Waals surface area contributed by atoms with E-state index in [0.717, 1.165) is 40.9 Å². The van der Waals surface area contributed by atoms with Crippen LogP contribution in [-0.2, 0) is 27.1 Å². The minimum atomic E-state index is -4.81. The van der Waals surface area contributed by atoms with Gasteiger partial charge in [-0.15, -0.1) is 0 Å². The molecule has 45 heavy (non-hydrogen) atoms. The molecule has 0 spiro atoms. The first-order valence-corrected chi connectivity index (χ1v) is 15.7. The second-order valence-electron chi connectivity index (χ2n) is 10.7. The van der Waals surface area contributed by atoms with Gasteiger partial charge in [-0.3, -0.25) is 23.7 Å². The van der Waals surface area contributed by atoms with Gasteiger partial charge in [-0.05, 0) is 54.1 Å². The smallest absolute Gasteiger partial charge is 0.378 e. The summed E-state index contributed by atoms with van der Waals surface area (Å²) < 4.78 is 43.2. The Morgan fingerprint density at radius 1 is 0.956 bits per heavy atom. The quantitative estimate of drug-likeness (QED) is 0.250. The topological polar surface area (TPSA) is 91.7 Å². The first-order valence-electron chi connectivity index (χ1n) is 13.6. The van der Waals surface area contributed by atoms with Crippen LogP contribution in [0.15, 0.2) is 82.6 Å². The number of fused-ring (bicyclic) bond motifs is 2. The largest absolute Gasteiger partial charge is 0.418 e. The highest BCUT2D eigenvalue weighted by atomic mass is 35.5. The number of amides is 3. The van der Waals surface area contributed by atoms with E-state index in [4.69, 9.17) is 11.6 Å². The van der Waals surface area contributed by atoms with Gasteiger partial charge in [0.05, 0.1) is 22.2 Å². The zero-order chi connectivity index (χ0) is 32.2. The Hall–Kier alpha value is -4.07. The summed E-state index contributed by atoms with van der Waals surface area (Å²) in [4.78, 5) is 56.8.